The molecule has 0 saturated heterocycles. The molecule has 7 heteroatoms. The molecule has 0 aromatic heterocycles. The van der Waals surface area contributed by atoms with Crippen LogP contribution in [0, 0.1) is 10.1 Å². The summed E-state index contributed by atoms with van der Waals surface area (Å²) < 4.78 is 15.6. The quantitative estimate of drug-likeness (QED) is 0.443. The first-order chi connectivity index (χ1) is 11.0. The number of benzene rings is 2. The molecule has 2 aromatic carbocycles. The third kappa shape index (κ3) is 3.97. The van der Waals surface area contributed by atoms with Gasteiger partial charge in [0, 0.05) is 11.6 Å². The summed E-state index contributed by atoms with van der Waals surface area (Å²) in [5.41, 5.74) is 0.300. The van der Waals surface area contributed by atoms with Gasteiger partial charge in [-0.3, -0.25) is 14.9 Å². The molecular weight excluding hydrogens is 302 g/mol. The van der Waals surface area contributed by atoms with E-state index in [1.54, 1.807) is 24.3 Å². The van der Waals surface area contributed by atoms with Crippen LogP contribution in [0.2, 0.25) is 0 Å². The fourth-order valence-electron chi connectivity index (χ4n) is 1.93. The summed E-state index contributed by atoms with van der Waals surface area (Å²) in [6.45, 7) is -0.239. The molecule has 0 saturated carbocycles. The van der Waals surface area contributed by atoms with Crippen LogP contribution in [0.15, 0.2) is 42.5 Å². The summed E-state index contributed by atoms with van der Waals surface area (Å²) in [7, 11) is 2.98. The third-order valence-corrected chi connectivity index (χ3v) is 3.10. The van der Waals surface area contributed by atoms with Gasteiger partial charge >= 0.3 is 0 Å². The van der Waals surface area contributed by atoms with Crippen molar-refractivity contribution in [2.75, 3.05) is 20.8 Å². The zero-order chi connectivity index (χ0) is 16.8. The van der Waals surface area contributed by atoms with Gasteiger partial charge in [0.2, 0.25) is 0 Å². The number of hydrogen-bond donors (Lipinski definition) is 0. The molecule has 0 heterocycles. The summed E-state index contributed by atoms with van der Waals surface area (Å²) in [6.07, 6.45) is 0. The average Bonchev–Trinajstić information content (AvgIpc) is 2.59. The minimum atomic E-state index is -0.525. The number of rotatable bonds is 7. The molecule has 7 nitrogen and oxygen atoms in total. The molecule has 0 N–H and O–H groups in total. The molecule has 0 bridgehead atoms. The molecule has 0 aliphatic heterocycles. The number of non-ortho nitro benzene ring substituents is 1. The van der Waals surface area contributed by atoms with Crippen molar-refractivity contribution in [3.05, 3.63) is 58.1 Å². The maximum absolute atomic E-state index is 12.1. The van der Waals surface area contributed by atoms with E-state index in [1.165, 1.54) is 32.4 Å². The number of hydrogen-bond acceptors (Lipinski definition) is 6. The fraction of sp³-hybridized carbons (Fsp3) is 0.188. The highest BCUT2D eigenvalue weighted by atomic mass is 16.6. The Hall–Kier alpha value is -3.09. The number of nitrogens with zero attached hydrogens (tertiary/aromatic N) is 1. The van der Waals surface area contributed by atoms with Crippen molar-refractivity contribution >= 4 is 11.5 Å². The van der Waals surface area contributed by atoms with Crippen LogP contribution in [0.1, 0.15) is 10.4 Å². The van der Waals surface area contributed by atoms with Crippen LogP contribution in [-0.2, 0) is 0 Å². The lowest BCUT2D eigenvalue weighted by Crippen LogP contribution is -2.12. The number of nitro groups is 1. The minimum Gasteiger partial charge on any atom is -0.493 e. The number of carbonyl (C=O) groups is 1. The second kappa shape index (κ2) is 7.26. The third-order valence-electron chi connectivity index (χ3n) is 3.10. The normalized spacial score (nSPS) is 10.0. The Morgan fingerprint density at radius 3 is 2.48 bits per heavy atom. The van der Waals surface area contributed by atoms with Gasteiger partial charge in [0.1, 0.15) is 5.75 Å². The highest BCUT2D eigenvalue weighted by Gasteiger charge is 2.12. The van der Waals surface area contributed by atoms with Crippen LogP contribution in [0.4, 0.5) is 5.69 Å². The van der Waals surface area contributed by atoms with Gasteiger partial charge in [-0.2, -0.15) is 0 Å². The van der Waals surface area contributed by atoms with Crippen molar-refractivity contribution in [1.29, 1.82) is 0 Å². The monoisotopic (exact) mass is 317 g/mol. The van der Waals surface area contributed by atoms with Crippen molar-refractivity contribution in [3.8, 4) is 17.2 Å². The summed E-state index contributed by atoms with van der Waals surface area (Å²) in [6, 6.07) is 10.4. The minimum absolute atomic E-state index is 0.0962. The SMILES string of the molecule is COc1ccc(C(=O)COc2cccc([N+](=O)[O-])c2)cc1OC. The van der Waals surface area contributed by atoms with Crippen LogP contribution >= 0.6 is 0 Å². The Balaban J connectivity index is 2.08. The lowest BCUT2D eigenvalue weighted by Gasteiger charge is -2.09. The lowest BCUT2D eigenvalue weighted by atomic mass is 10.1. The van der Waals surface area contributed by atoms with Crippen LogP contribution in [0.25, 0.3) is 0 Å². The fourth-order valence-corrected chi connectivity index (χ4v) is 1.93. The summed E-state index contributed by atoms with van der Waals surface area (Å²) in [5.74, 6) is 0.933. The largest absolute Gasteiger partial charge is 0.493 e. The van der Waals surface area contributed by atoms with E-state index < -0.39 is 4.92 Å². The molecule has 0 atom stereocenters. The highest BCUT2D eigenvalue weighted by Crippen LogP contribution is 2.28. The predicted octanol–water partition coefficient (Wildman–Crippen LogP) is 2.87. The van der Waals surface area contributed by atoms with Crippen molar-refractivity contribution in [1.82, 2.24) is 0 Å². The zero-order valence-electron chi connectivity index (χ0n) is 12.6. The van der Waals surface area contributed by atoms with Crippen LogP contribution in [0.5, 0.6) is 17.2 Å². The van der Waals surface area contributed by atoms with Crippen molar-refractivity contribution in [2.45, 2.75) is 0 Å². The lowest BCUT2D eigenvalue weighted by molar-refractivity contribution is -0.384. The standard InChI is InChI=1S/C16H15NO6/c1-21-15-7-6-11(8-16(15)22-2)14(18)10-23-13-5-3-4-12(9-13)17(19)20/h3-9H,10H2,1-2H3. The molecule has 0 amide bonds. The van der Waals surface area contributed by atoms with E-state index in [-0.39, 0.29) is 23.8 Å². The maximum atomic E-state index is 12.1. The Labute approximate surface area is 132 Å². The van der Waals surface area contributed by atoms with Gasteiger partial charge in [0.15, 0.2) is 23.9 Å². The van der Waals surface area contributed by atoms with Crippen molar-refractivity contribution < 1.29 is 23.9 Å². The van der Waals surface area contributed by atoms with Gasteiger partial charge in [0.25, 0.3) is 5.69 Å². The average molecular weight is 317 g/mol. The van der Waals surface area contributed by atoms with E-state index in [0.717, 1.165) is 0 Å². The summed E-state index contributed by atoms with van der Waals surface area (Å²) in [4.78, 5) is 22.3. The van der Waals surface area contributed by atoms with Crippen LogP contribution in [-0.4, -0.2) is 31.5 Å². The Morgan fingerprint density at radius 2 is 1.83 bits per heavy atom. The van der Waals surface area contributed by atoms with Crippen LogP contribution in [0.3, 0.4) is 0 Å². The smallest absolute Gasteiger partial charge is 0.273 e. The molecule has 0 fully saturated rings. The Bertz CT molecular complexity index is 728. The van der Waals surface area contributed by atoms with Gasteiger partial charge in [0.05, 0.1) is 25.2 Å². The maximum Gasteiger partial charge on any atom is 0.273 e. The molecule has 0 radical (unpaired) electrons. The molecule has 0 unspecified atom stereocenters. The van der Waals surface area contributed by atoms with Gasteiger partial charge in [-0.15, -0.1) is 0 Å². The number of nitro benzene ring substituents is 1. The zero-order valence-corrected chi connectivity index (χ0v) is 12.6. The summed E-state index contributed by atoms with van der Waals surface area (Å²) >= 11 is 0. The predicted molar refractivity (Wildman–Crippen MR) is 82.5 cm³/mol. The van der Waals surface area contributed by atoms with E-state index in [4.69, 9.17) is 14.2 Å². The second-order valence-electron chi connectivity index (χ2n) is 4.54. The number of ether oxygens (including phenoxy) is 3. The first-order valence-corrected chi connectivity index (χ1v) is 6.67. The van der Waals surface area contributed by atoms with E-state index in [2.05, 4.69) is 0 Å². The number of methoxy groups -OCH3 is 2. The first-order valence-electron chi connectivity index (χ1n) is 6.67. The van der Waals surface area contributed by atoms with E-state index >= 15 is 0 Å². The number of carbonyl (C=O) groups excluding carboxylic acids is 1. The molecule has 2 rings (SSSR count). The van der Waals surface area contributed by atoms with E-state index in [9.17, 15) is 14.9 Å². The summed E-state index contributed by atoms with van der Waals surface area (Å²) in [5, 5.41) is 10.7. The molecule has 120 valence electrons. The van der Waals surface area contributed by atoms with Crippen molar-refractivity contribution in [3.63, 3.8) is 0 Å². The van der Waals surface area contributed by atoms with E-state index in [1.807, 2.05) is 0 Å². The number of ketones is 1. The first kappa shape index (κ1) is 16.3. The number of Topliss-reactive ketones (excluding diaryl/α,β-unsaturated/α-hetero) is 1. The van der Waals surface area contributed by atoms with Gasteiger partial charge in [-0.25, -0.2) is 0 Å². The topological polar surface area (TPSA) is 87.9 Å². The van der Waals surface area contributed by atoms with Crippen LogP contribution < -0.4 is 14.2 Å². The molecule has 0 spiro atoms. The molecule has 0 aliphatic rings. The van der Waals surface area contributed by atoms with Gasteiger partial charge < -0.3 is 14.2 Å². The molecule has 2 aromatic rings. The Kier molecular flexibility index (Phi) is 5.14. The second-order valence-corrected chi connectivity index (χ2v) is 4.54. The highest BCUT2D eigenvalue weighted by molar-refractivity contribution is 5.97. The van der Waals surface area contributed by atoms with Crippen molar-refractivity contribution in [2.24, 2.45) is 0 Å². The molecular formula is C16H15NO6. The van der Waals surface area contributed by atoms with Gasteiger partial charge in [-0.05, 0) is 24.3 Å². The van der Waals surface area contributed by atoms with Gasteiger partial charge in [-0.1, -0.05) is 6.07 Å². The van der Waals surface area contributed by atoms with E-state index in [0.29, 0.717) is 17.1 Å². The molecule has 0 aliphatic carbocycles. The Morgan fingerprint density at radius 1 is 1.09 bits per heavy atom. The molecule has 23 heavy (non-hydrogen) atoms.